The third-order valence-corrected chi connectivity index (χ3v) is 4.40. The van der Waals surface area contributed by atoms with Crippen LogP contribution in [0.3, 0.4) is 0 Å². The van der Waals surface area contributed by atoms with Gasteiger partial charge in [0.1, 0.15) is 0 Å². The molecule has 2 rings (SSSR count). The Labute approximate surface area is 126 Å². The Bertz CT molecular complexity index is 726. The summed E-state index contributed by atoms with van der Waals surface area (Å²) in [5.74, 6) is -0.600. The van der Waals surface area contributed by atoms with Gasteiger partial charge in [0.2, 0.25) is 0 Å². The van der Waals surface area contributed by atoms with Gasteiger partial charge < -0.3 is 0 Å². The Morgan fingerprint density at radius 1 is 0.950 bits per heavy atom. The van der Waals surface area contributed by atoms with Crippen LogP contribution in [0.2, 0.25) is 10.0 Å². The molecule has 2 aromatic carbocycles. The van der Waals surface area contributed by atoms with Crippen LogP contribution in [0.5, 0.6) is 0 Å². The van der Waals surface area contributed by atoms with Gasteiger partial charge in [-0.1, -0.05) is 23.2 Å². The van der Waals surface area contributed by atoms with Gasteiger partial charge in [0, 0.05) is 15.6 Å². The molecule has 4 nitrogen and oxygen atoms in total. The summed E-state index contributed by atoms with van der Waals surface area (Å²) >= 11 is 11.4. The van der Waals surface area contributed by atoms with Crippen LogP contribution in [-0.4, -0.2) is 10.1 Å². The second kappa shape index (κ2) is 5.83. The molecule has 2 N–H and O–H groups in total. The molecule has 0 saturated heterocycles. The third kappa shape index (κ3) is 3.50. The van der Waals surface area contributed by atoms with Crippen molar-refractivity contribution in [1.29, 1.82) is 4.78 Å². The highest BCUT2D eigenvalue weighted by atomic mass is 35.5. The van der Waals surface area contributed by atoms with Crippen LogP contribution in [0.15, 0.2) is 53.4 Å². The number of carbonyl (C=O) groups excluding carboxylic acids is 1. The van der Waals surface area contributed by atoms with Crippen molar-refractivity contribution in [2.75, 3.05) is 0 Å². The largest absolute Gasteiger partial charge is 0.268 e. The van der Waals surface area contributed by atoms with E-state index in [-0.39, 0.29) is 10.5 Å². The number of hydrogen-bond donors (Lipinski definition) is 2. The molecule has 0 heterocycles. The molecule has 1 atom stereocenters. The van der Waals surface area contributed by atoms with Gasteiger partial charge in [-0.2, -0.15) is 0 Å². The zero-order valence-corrected chi connectivity index (χ0v) is 12.4. The lowest BCUT2D eigenvalue weighted by atomic mass is 10.2. The van der Waals surface area contributed by atoms with Crippen molar-refractivity contribution in [2.45, 2.75) is 4.90 Å². The van der Waals surface area contributed by atoms with Crippen LogP contribution in [0, 0.1) is 4.78 Å². The molecule has 1 unspecified atom stereocenters. The summed E-state index contributed by atoms with van der Waals surface area (Å²) in [4.78, 5) is 12.1. The van der Waals surface area contributed by atoms with Gasteiger partial charge in [0.25, 0.3) is 5.91 Å². The fraction of sp³-hybridized carbons (Fsp3) is 0. The zero-order valence-electron chi connectivity index (χ0n) is 10.1. The Balaban J connectivity index is 2.22. The van der Waals surface area contributed by atoms with Gasteiger partial charge in [-0.05, 0) is 48.5 Å². The predicted octanol–water partition coefficient (Wildman–Crippen LogP) is 3.74. The molecule has 0 bridgehead atoms. The normalized spacial score (nSPS) is 13.5. The first-order valence-corrected chi connectivity index (χ1v) is 7.82. The first-order valence-electron chi connectivity index (χ1n) is 5.50. The highest BCUT2D eigenvalue weighted by molar-refractivity contribution is 7.91. The van der Waals surface area contributed by atoms with Crippen molar-refractivity contribution in [1.82, 2.24) is 4.72 Å². The van der Waals surface area contributed by atoms with Crippen molar-refractivity contribution < 1.29 is 9.00 Å². The molecule has 1 amide bonds. The Kier molecular flexibility index (Phi) is 4.32. The van der Waals surface area contributed by atoms with E-state index in [1.807, 2.05) is 0 Å². The highest BCUT2D eigenvalue weighted by Gasteiger charge is 2.15. The van der Waals surface area contributed by atoms with Crippen molar-refractivity contribution >= 4 is 39.0 Å². The van der Waals surface area contributed by atoms with Gasteiger partial charge in [-0.25, -0.2) is 8.99 Å². The molecule has 0 aliphatic carbocycles. The van der Waals surface area contributed by atoms with E-state index in [9.17, 15) is 9.00 Å². The van der Waals surface area contributed by atoms with E-state index < -0.39 is 15.8 Å². The Morgan fingerprint density at radius 2 is 1.40 bits per heavy atom. The summed E-state index contributed by atoms with van der Waals surface area (Å²) in [6.45, 7) is 0. The number of carbonyl (C=O) groups is 1. The van der Waals surface area contributed by atoms with E-state index >= 15 is 0 Å². The topological polar surface area (TPSA) is 70.0 Å². The molecule has 20 heavy (non-hydrogen) atoms. The summed E-state index contributed by atoms with van der Waals surface area (Å²) in [6, 6.07) is 12.0. The molecule has 0 saturated carbocycles. The minimum atomic E-state index is -3.43. The fourth-order valence-corrected chi connectivity index (χ4v) is 2.74. The lowest BCUT2D eigenvalue weighted by molar-refractivity contribution is 0.0982. The third-order valence-electron chi connectivity index (χ3n) is 2.49. The van der Waals surface area contributed by atoms with Crippen LogP contribution in [0.25, 0.3) is 0 Å². The second-order valence-corrected chi connectivity index (χ2v) is 6.61. The van der Waals surface area contributed by atoms with Crippen LogP contribution >= 0.6 is 23.2 Å². The van der Waals surface area contributed by atoms with Gasteiger partial charge in [-0.15, -0.1) is 0 Å². The van der Waals surface area contributed by atoms with Gasteiger partial charge in [-0.3, -0.25) is 9.52 Å². The smallest absolute Gasteiger partial charge is 0.263 e. The van der Waals surface area contributed by atoms with E-state index in [0.717, 1.165) is 0 Å². The summed E-state index contributed by atoms with van der Waals surface area (Å²) in [7, 11) is -3.43. The molecule has 0 radical (unpaired) electrons. The lowest BCUT2D eigenvalue weighted by Gasteiger charge is -2.10. The number of hydrogen-bond acceptors (Lipinski definition) is 3. The van der Waals surface area contributed by atoms with E-state index in [1.165, 1.54) is 36.4 Å². The molecule has 104 valence electrons. The molecule has 7 heteroatoms. The molecule has 0 aliphatic heterocycles. The number of halogens is 2. The molecule has 2 aromatic rings. The maximum atomic E-state index is 12.2. The van der Waals surface area contributed by atoms with Crippen molar-refractivity contribution in [2.24, 2.45) is 0 Å². The molecule has 0 aliphatic rings. The Hall–Kier alpha value is -1.56. The average Bonchev–Trinajstić information content (AvgIpc) is 2.39. The Morgan fingerprint density at radius 3 is 1.90 bits per heavy atom. The maximum Gasteiger partial charge on any atom is 0.263 e. The van der Waals surface area contributed by atoms with Crippen molar-refractivity contribution in [3.8, 4) is 0 Å². The lowest BCUT2D eigenvalue weighted by Crippen LogP contribution is -2.29. The molecular formula is C13H10Cl2N2O2S. The van der Waals surface area contributed by atoms with Gasteiger partial charge >= 0.3 is 0 Å². The standard InChI is InChI=1S/C13H10Cl2N2O2S/c14-10-3-1-9(2-4-10)13(18)17-20(16,19)12-7-5-11(15)6-8-12/h1-8H,(H2,16,17,18,19). The van der Waals surface area contributed by atoms with Crippen LogP contribution in [0.1, 0.15) is 10.4 Å². The first kappa shape index (κ1) is 14.8. The maximum absolute atomic E-state index is 12.2. The fourth-order valence-electron chi connectivity index (χ4n) is 1.48. The number of benzene rings is 2. The predicted molar refractivity (Wildman–Crippen MR) is 79.5 cm³/mol. The first-order chi connectivity index (χ1) is 9.38. The SMILES string of the molecule is N=S(=O)(NC(=O)c1ccc(Cl)cc1)c1ccc(Cl)cc1. The van der Waals surface area contributed by atoms with E-state index in [0.29, 0.717) is 10.0 Å². The van der Waals surface area contributed by atoms with E-state index in [2.05, 4.69) is 4.72 Å². The van der Waals surface area contributed by atoms with Crippen LogP contribution in [-0.2, 0) is 9.92 Å². The second-order valence-electron chi connectivity index (χ2n) is 3.95. The monoisotopic (exact) mass is 328 g/mol. The minimum Gasteiger partial charge on any atom is -0.268 e. The highest BCUT2D eigenvalue weighted by Crippen LogP contribution is 2.15. The quantitative estimate of drug-likeness (QED) is 0.900. The van der Waals surface area contributed by atoms with Crippen molar-refractivity contribution in [3.05, 3.63) is 64.1 Å². The van der Waals surface area contributed by atoms with Crippen LogP contribution in [0.4, 0.5) is 0 Å². The van der Waals surface area contributed by atoms with Gasteiger partial charge in [0.15, 0.2) is 9.92 Å². The van der Waals surface area contributed by atoms with Gasteiger partial charge in [0.05, 0.1) is 4.90 Å². The summed E-state index contributed by atoms with van der Waals surface area (Å²) in [5.41, 5.74) is 0.281. The summed E-state index contributed by atoms with van der Waals surface area (Å²) in [5, 5.41) is 0.957. The minimum absolute atomic E-state index is 0.184. The van der Waals surface area contributed by atoms with E-state index in [1.54, 1.807) is 12.1 Å². The number of rotatable bonds is 3. The zero-order chi connectivity index (χ0) is 14.8. The van der Waals surface area contributed by atoms with Crippen LogP contribution < -0.4 is 4.72 Å². The average molecular weight is 329 g/mol. The van der Waals surface area contributed by atoms with E-state index in [4.69, 9.17) is 28.0 Å². The summed E-state index contributed by atoms with van der Waals surface area (Å²) in [6.07, 6.45) is 0. The number of amides is 1. The molecule has 0 fully saturated rings. The molecular weight excluding hydrogens is 319 g/mol. The number of nitrogens with one attached hydrogen (secondary N) is 2. The molecule has 0 aromatic heterocycles. The molecule has 0 spiro atoms. The summed E-state index contributed by atoms with van der Waals surface area (Å²) < 4.78 is 22.2. The van der Waals surface area contributed by atoms with Crippen molar-refractivity contribution in [3.63, 3.8) is 0 Å².